The second kappa shape index (κ2) is 12.9. The van der Waals surface area contributed by atoms with Gasteiger partial charge >= 0.3 is 5.97 Å². The predicted octanol–water partition coefficient (Wildman–Crippen LogP) is 8.34. The van der Waals surface area contributed by atoms with E-state index in [1.165, 1.54) is 11.6 Å². The van der Waals surface area contributed by atoms with Crippen molar-refractivity contribution in [3.05, 3.63) is 125 Å². The van der Waals surface area contributed by atoms with Crippen LogP contribution in [0.15, 0.2) is 91.0 Å². The summed E-state index contributed by atoms with van der Waals surface area (Å²) in [6.07, 6.45) is 1.77. The molecule has 0 fully saturated rings. The van der Waals surface area contributed by atoms with Gasteiger partial charge in [-0.3, -0.25) is 0 Å². The highest BCUT2D eigenvalue weighted by Gasteiger charge is 2.50. The van der Waals surface area contributed by atoms with Crippen molar-refractivity contribution in [3.63, 3.8) is 0 Å². The molecule has 6 heteroatoms. The molecule has 1 heterocycles. The van der Waals surface area contributed by atoms with Crippen LogP contribution in [0.3, 0.4) is 0 Å². The molecule has 0 saturated heterocycles. The van der Waals surface area contributed by atoms with Crippen LogP contribution < -0.4 is 14.5 Å². The van der Waals surface area contributed by atoms with Crippen LogP contribution in [0.1, 0.15) is 73.1 Å². The lowest BCUT2D eigenvalue weighted by Gasteiger charge is -2.35. The average molecular weight is 581 g/mol. The maximum Gasteiger partial charge on any atom is 0.340 e. The molecule has 5 nitrogen and oxygen atoms in total. The van der Waals surface area contributed by atoms with Gasteiger partial charge < -0.3 is 19.3 Å². The molecular formula is C37H41FN2O3. The van der Waals surface area contributed by atoms with Crippen molar-refractivity contribution in [1.29, 1.82) is 0 Å². The van der Waals surface area contributed by atoms with Crippen LogP contribution in [-0.4, -0.2) is 32.2 Å². The molecule has 4 aromatic rings. The Kier molecular flexibility index (Phi) is 9.05. The normalized spacial score (nSPS) is 16.4. The summed E-state index contributed by atoms with van der Waals surface area (Å²) in [4.78, 5) is 18.0. The molecule has 2 unspecified atom stereocenters. The highest BCUT2D eigenvalue weighted by atomic mass is 19.1. The summed E-state index contributed by atoms with van der Waals surface area (Å²) in [7, 11) is 1.97. The van der Waals surface area contributed by atoms with E-state index in [-0.39, 0.29) is 11.6 Å². The van der Waals surface area contributed by atoms with E-state index in [9.17, 15) is 4.79 Å². The number of esters is 1. The molecule has 0 radical (unpaired) electrons. The Morgan fingerprint density at radius 1 is 0.907 bits per heavy atom. The van der Waals surface area contributed by atoms with Crippen LogP contribution >= 0.6 is 0 Å². The molecule has 1 aliphatic rings. The maximum absolute atomic E-state index is 15.7. The van der Waals surface area contributed by atoms with Gasteiger partial charge in [0.25, 0.3) is 0 Å². The molecule has 0 spiro atoms. The van der Waals surface area contributed by atoms with Crippen LogP contribution in [0.4, 0.5) is 15.8 Å². The van der Waals surface area contributed by atoms with Crippen LogP contribution in [0.5, 0.6) is 5.75 Å². The summed E-state index contributed by atoms with van der Waals surface area (Å²) in [6, 6.07) is 28.8. The molecule has 4 aromatic carbocycles. The summed E-state index contributed by atoms with van der Waals surface area (Å²) in [6.45, 7) is 10.5. The number of halogens is 1. The first-order valence-corrected chi connectivity index (χ1v) is 15.3. The Morgan fingerprint density at radius 2 is 1.65 bits per heavy atom. The zero-order valence-corrected chi connectivity index (χ0v) is 25.8. The third-order valence-electron chi connectivity index (χ3n) is 8.47. The minimum absolute atomic E-state index is 0.231. The van der Waals surface area contributed by atoms with Gasteiger partial charge in [-0.1, -0.05) is 74.5 Å². The smallest absolute Gasteiger partial charge is 0.340 e. The molecule has 2 atom stereocenters. The number of cyclic esters (lactones) is 1. The third-order valence-corrected chi connectivity index (χ3v) is 8.47. The highest BCUT2D eigenvalue weighted by Crippen LogP contribution is 2.50. The zero-order chi connectivity index (χ0) is 30.6. The molecule has 0 aliphatic carbocycles. The van der Waals surface area contributed by atoms with Crippen LogP contribution in [0, 0.1) is 5.82 Å². The standard InChI is InChI=1S/C37H41FN2O3/c1-6-22-42-35-23-28(18-21-34(35)40(26(4)7-2)25-27-14-10-9-11-15-27)37(32-16-12-13-17-33(32)38)31-20-19-29(39(5)8-3)24-30(31)36(41)43-37/h9-21,23-24,26H,6-8,22,25H2,1-5H3. The van der Waals surface area contributed by atoms with Gasteiger partial charge in [-0.05, 0) is 62.6 Å². The monoisotopic (exact) mass is 580 g/mol. The van der Waals surface area contributed by atoms with Crippen molar-refractivity contribution in [2.45, 2.75) is 58.7 Å². The highest BCUT2D eigenvalue weighted by molar-refractivity contribution is 5.97. The van der Waals surface area contributed by atoms with Gasteiger partial charge in [0.1, 0.15) is 11.6 Å². The van der Waals surface area contributed by atoms with Gasteiger partial charge in [0, 0.05) is 48.6 Å². The molecule has 0 N–H and O–H groups in total. The number of ether oxygens (including phenoxy) is 2. The van der Waals surface area contributed by atoms with Crippen molar-refractivity contribution < 1.29 is 18.7 Å². The minimum atomic E-state index is -1.47. The number of benzene rings is 4. The number of hydrogen-bond acceptors (Lipinski definition) is 5. The van der Waals surface area contributed by atoms with Crippen molar-refractivity contribution in [2.24, 2.45) is 0 Å². The van der Waals surface area contributed by atoms with E-state index in [2.05, 4.69) is 61.8 Å². The second-order valence-electron chi connectivity index (χ2n) is 11.2. The summed E-state index contributed by atoms with van der Waals surface area (Å²) in [5.41, 5.74) is 3.56. The summed E-state index contributed by atoms with van der Waals surface area (Å²) >= 11 is 0. The lowest BCUT2D eigenvalue weighted by atomic mass is 9.79. The number of anilines is 2. The predicted molar refractivity (Wildman–Crippen MR) is 172 cm³/mol. The number of hydrogen-bond donors (Lipinski definition) is 0. The Hall–Kier alpha value is -4.32. The molecule has 0 bridgehead atoms. The van der Waals surface area contributed by atoms with Crippen LogP contribution in [0.2, 0.25) is 0 Å². The first-order chi connectivity index (χ1) is 20.8. The van der Waals surface area contributed by atoms with E-state index >= 15 is 4.39 Å². The largest absolute Gasteiger partial charge is 0.491 e. The molecule has 0 amide bonds. The van der Waals surface area contributed by atoms with E-state index in [4.69, 9.17) is 9.47 Å². The maximum atomic E-state index is 15.7. The van der Waals surface area contributed by atoms with Gasteiger partial charge in [0.05, 0.1) is 17.9 Å². The molecular weight excluding hydrogens is 539 g/mol. The third kappa shape index (κ3) is 5.71. The topological polar surface area (TPSA) is 42.0 Å². The Balaban J connectivity index is 1.71. The van der Waals surface area contributed by atoms with E-state index in [0.717, 1.165) is 30.8 Å². The van der Waals surface area contributed by atoms with Crippen LogP contribution in [0.25, 0.3) is 0 Å². The first kappa shape index (κ1) is 30.1. The average Bonchev–Trinajstić information content (AvgIpc) is 3.34. The second-order valence-corrected chi connectivity index (χ2v) is 11.2. The Bertz CT molecular complexity index is 1570. The SMILES string of the molecule is CCCOc1cc(C2(c3ccccc3F)OC(=O)c3cc(N(C)CC)ccc32)ccc1N(Cc1ccccc1)C(C)CC. The van der Waals surface area contributed by atoms with E-state index in [0.29, 0.717) is 35.6 Å². The zero-order valence-electron chi connectivity index (χ0n) is 25.8. The minimum Gasteiger partial charge on any atom is -0.491 e. The lowest BCUT2D eigenvalue weighted by molar-refractivity contribution is 0.0241. The van der Waals surface area contributed by atoms with Crippen molar-refractivity contribution in [2.75, 3.05) is 30.0 Å². The van der Waals surface area contributed by atoms with Crippen LogP contribution in [-0.2, 0) is 16.9 Å². The van der Waals surface area contributed by atoms with Crippen molar-refractivity contribution in [3.8, 4) is 5.75 Å². The fourth-order valence-corrected chi connectivity index (χ4v) is 5.77. The fourth-order valence-electron chi connectivity index (χ4n) is 5.77. The van der Waals surface area contributed by atoms with Gasteiger partial charge in [-0.2, -0.15) is 0 Å². The van der Waals surface area contributed by atoms with Crippen molar-refractivity contribution in [1.82, 2.24) is 0 Å². The molecule has 5 rings (SSSR count). The Labute approximate surface area is 254 Å². The van der Waals surface area contributed by atoms with E-state index in [1.54, 1.807) is 18.2 Å². The van der Waals surface area contributed by atoms with E-state index in [1.807, 2.05) is 49.5 Å². The van der Waals surface area contributed by atoms with Gasteiger partial charge in [0.15, 0.2) is 5.60 Å². The Morgan fingerprint density at radius 3 is 2.35 bits per heavy atom. The van der Waals surface area contributed by atoms with Gasteiger partial charge in [-0.25, -0.2) is 9.18 Å². The molecule has 43 heavy (non-hydrogen) atoms. The van der Waals surface area contributed by atoms with Gasteiger partial charge in [0.2, 0.25) is 0 Å². The number of carbonyl (C=O) groups is 1. The lowest BCUT2D eigenvalue weighted by Crippen LogP contribution is -2.33. The molecule has 0 aromatic heterocycles. The summed E-state index contributed by atoms with van der Waals surface area (Å²) in [5, 5.41) is 0. The van der Waals surface area contributed by atoms with Crippen molar-refractivity contribution >= 4 is 17.3 Å². The number of nitrogens with zero attached hydrogens (tertiary/aromatic N) is 2. The molecule has 1 aliphatic heterocycles. The van der Waals surface area contributed by atoms with Gasteiger partial charge in [-0.15, -0.1) is 0 Å². The summed E-state index contributed by atoms with van der Waals surface area (Å²) in [5.74, 6) is -0.239. The number of fused-ring (bicyclic) bond motifs is 1. The fraction of sp³-hybridized carbons (Fsp3) is 0.324. The quantitative estimate of drug-likeness (QED) is 0.158. The molecule has 0 saturated carbocycles. The summed E-state index contributed by atoms with van der Waals surface area (Å²) < 4.78 is 28.4. The number of carbonyl (C=O) groups excluding carboxylic acids is 1. The first-order valence-electron chi connectivity index (χ1n) is 15.3. The molecule has 224 valence electrons. The van der Waals surface area contributed by atoms with E-state index < -0.39 is 17.4 Å². The number of rotatable bonds is 12.